The molecule has 2 fully saturated rings. The number of nitrogens with zero attached hydrogens (tertiary/aromatic N) is 1. The molecule has 104 valence electrons. The lowest BCUT2D eigenvalue weighted by Crippen LogP contribution is -2.19. The second-order valence-electron chi connectivity index (χ2n) is 5.84. The molecule has 1 aromatic rings. The Balaban J connectivity index is 1.63. The maximum absolute atomic E-state index is 5.52. The van der Waals surface area contributed by atoms with Gasteiger partial charge in [0.05, 0.1) is 0 Å². The van der Waals surface area contributed by atoms with E-state index < -0.39 is 0 Å². The molecule has 1 aliphatic heterocycles. The molecule has 19 heavy (non-hydrogen) atoms. The van der Waals surface area contributed by atoms with Gasteiger partial charge < -0.3 is 15.4 Å². The molecule has 3 nitrogen and oxygen atoms in total. The van der Waals surface area contributed by atoms with Gasteiger partial charge in [-0.15, -0.1) is 0 Å². The number of ether oxygens (including phenoxy) is 1. The van der Waals surface area contributed by atoms with Gasteiger partial charge in [0, 0.05) is 25.3 Å². The summed E-state index contributed by atoms with van der Waals surface area (Å²) in [5.74, 6) is 2.79. The Morgan fingerprint density at radius 2 is 1.68 bits per heavy atom. The van der Waals surface area contributed by atoms with Gasteiger partial charge in [-0.3, -0.25) is 0 Å². The highest BCUT2D eigenvalue weighted by Gasteiger charge is 2.34. The van der Waals surface area contributed by atoms with Crippen LogP contribution in [0.1, 0.15) is 25.7 Å². The molecule has 0 bridgehead atoms. The smallest absolute Gasteiger partial charge is 0.119 e. The van der Waals surface area contributed by atoms with Crippen molar-refractivity contribution in [3.05, 3.63) is 24.3 Å². The number of hydrogen-bond acceptors (Lipinski definition) is 3. The molecule has 1 aliphatic carbocycles. The minimum Gasteiger partial charge on any atom is -0.492 e. The Labute approximate surface area is 115 Å². The average molecular weight is 260 g/mol. The van der Waals surface area contributed by atoms with Crippen LogP contribution < -0.4 is 15.4 Å². The quantitative estimate of drug-likeness (QED) is 0.904. The third-order valence-electron chi connectivity index (χ3n) is 4.56. The van der Waals surface area contributed by atoms with Crippen LogP contribution in [0.25, 0.3) is 0 Å². The summed E-state index contributed by atoms with van der Waals surface area (Å²) in [5, 5.41) is 0. The number of anilines is 1. The Morgan fingerprint density at radius 1 is 1.05 bits per heavy atom. The normalized spacial score (nSPS) is 26.3. The van der Waals surface area contributed by atoms with Crippen molar-refractivity contribution in [2.75, 3.05) is 31.1 Å². The first-order valence-corrected chi connectivity index (χ1v) is 7.54. The topological polar surface area (TPSA) is 38.5 Å². The third-order valence-corrected chi connectivity index (χ3v) is 4.56. The summed E-state index contributed by atoms with van der Waals surface area (Å²) in [5.41, 5.74) is 6.78. The molecule has 1 aromatic carbocycles. The molecule has 2 N–H and O–H groups in total. The second kappa shape index (κ2) is 5.83. The van der Waals surface area contributed by atoms with Crippen molar-refractivity contribution in [2.24, 2.45) is 17.6 Å². The number of benzene rings is 1. The van der Waals surface area contributed by atoms with Crippen molar-refractivity contribution in [1.82, 2.24) is 0 Å². The Bertz CT molecular complexity index is 390. The lowest BCUT2D eigenvalue weighted by molar-refractivity contribution is 0.299. The molecule has 3 heteroatoms. The van der Waals surface area contributed by atoms with Gasteiger partial charge in [0.1, 0.15) is 12.4 Å². The predicted molar refractivity (Wildman–Crippen MR) is 78.7 cm³/mol. The maximum atomic E-state index is 5.52. The van der Waals surface area contributed by atoms with E-state index >= 15 is 0 Å². The number of hydrogen-bond donors (Lipinski definition) is 1. The maximum Gasteiger partial charge on any atom is 0.119 e. The van der Waals surface area contributed by atoms with Gasteiger partial charge in [0.2, 0.25) is 0 Å². The van der Waals surface area contributed by atoms with Gasteiger partial charge in [0.25, 0.3) is 0 Å². The van der Waals surface area contributed by atoms with Crippen LogP contribution in [0.3, 0.4) is 0 Å². The standard InChI is InChI=1S/C16H24N2O/c17-9-10-19-16-7-5-15(6-8-16)18-11-13-3-1-2-4-14(13)12-18/h5-8,13-14H,1-4,9-12,17H2. The Hall–Kier alpha value is -1.22. The first-order chi connectivity index (χ1) is 9.36. The van der Waals surface area contributed by atoms with Crippen molar-refractivity contribution in [2.45, 2.75) is 25.7 Å². The molecule has 3 rings (SSSR count). The van der Waals surface area contributed by atoms with E-state index in [2.05, 4.69) is 29.2 Å². The SMILES string of the molecule is NCCOc1ccc(N2CC3CCCCC3C2)cc1. The zero-order chi connectivity index (χ0) is 13.1. The summed E-state index contributed by atoms with van der Waals surface area (Å²) in [6, 6.07) is 8.49. The van der Waals surface area contributed by atoms with E-state index in [1.165, 1.54) is 44.5 Å². The van der Waals surface area contributed by atoms with Crippen molar-refractivity contribution < 1.29 is 4.74 Å². The minimum absolute atomic E-state index is 0.567. The molecule has 2 aliphatic rings. The summed E-state index contributed by atoms with van der Waals surface area (Å²) in [4.78, 5) is 2.55. The van der Waals surface area contributed by atoms with Crippen molar-refractivity contribution in [3.63, 3.8) is 0 Å². The average Bonchev–Trinajstić information content (AvgIpc) is 2.89. The van der Waals surface area contributed by atoms with E-state index in [1.807, 2.05) is 0 Å². The molecular formula is C16H24N2O. The van der Waals surface area contributed by atoms with Gasteiger partial charge in [-0.25, -0.2) is 0 Å². The van der Waals surface area contributed by atoms with Crippen molar-refractivity contribution in [1.29, 1.82) is 0 Å². The lowest BCUT2D eigenvalue weighted by Gasteiger charge is -2.22. The van der Waals surface area contributed by atoms with Crippen LogP contribution in [0.2, 0.25) is 0 Å². The Kier molecular flexibility index (Phi) is 3.92. The molecule has 1 heterocycles. The van der Waals surface area contributed by atoms with Crippen LogP contribution in [-0.4, -0.2) is 26.2 Å². The summed E-state index contributed by atoms with van der Waals surface area (Å²) in [7, 11) is 0. The number of rotatable bonds is 4. The molecule has 0 radical (unpaired) electrons. The highest BCUT2D eigenvalue weighted by molar-refractivity contribution is 5.50. The fourth-order valence-corrected chi connectivity index (χ4v) is 3.55. The van der Waals surface area contributed by atoms with Crippen molar-refractivity contribution >= 4 is 5.69 Å². The zero-order valence-electron chi connectivity index (χ0n) is 11.6. The Morgan fingerprint density at radius 3 is 2.26 bits per heavy atom. The van der Waals surface area contributed by atoms with Crippen molar-refractivity contribution in [3.8, 4) is 5.75 Å². The van der Waals surface area contributed by atoms with E-state index in [1.54, 1.807) is 0 Å². The van der Waals surface area contributed by atoms with Gasteiger partial charge >= 0.3 is 0 Å². The monoisotopic (exact) mass is 260 g/mol. The van der Waals surface area contributed by atoms with Crippen LogP contribution in [0.4, 0.5) is 5.69 Å². The first-order valence-electron chi connectivity index (χ1n) is 7.54. The van der Waals surface area contributed by atoms with Crippen LogP contribution in [0.15, 0.2) is 24.3 Å². The highest BCUT2D eigenvalue weighted by Crippen LogP contribution is 2.38. The fourth-order valence-electron chi connectivity index (χ4n) is 3.55. The molecular weight excluding hydrogens is 236 g/mol. The van der Waals surface area contributed by atoms with Crippen LogP contribution in [0.5, 0.6) is 5.75 Å². The second-order valence-corrected chi connectivity index (χ2v) is 5.84. The predicted octanol–water partition coefficient (Wildman–Crippen LogP) is 2.65. The number of nitrogens with two attached hydrogens (primary N) is 1. The van der Waals surface area contributed by atoms with E-state index in [-0.39, 0.29) is 0 Å². The summed E-state index contributed by atoms with van der Waals surface area (Å²) >= 11 is 0. The molecule has 1 saturated heterocycles. The molecule has 0 aromatic heterocycles. The fraction of sp³-hybridized carbons (Fsp3) is 0.625. The molecule has 0 spiro atoms. The van der Waals surface area contributed by atoms with Gasteiger partial charge in [-0.05, 0) is 48.9 Å². The number of fused-ring (bicyclic) bond motifs is 1. The highest BCUT2D eigenvalue weighted by atomic mass is 16.5. The van der Waals surface area contributed by atoms with Crippen LogP contribution in [-0.2, 0) is 0 Å². The summed E-state index contributed by atoms with van der Waals surface area (Å²) in [6.45, 7) is 3.64. The zero-order valence-corrected chi connectivity index (χ0v) is 11.6. The minimum atomic E-state index is 0.567. The summed E-state index contributed by atoms with van der Waals surface area (Å²) in [6.07, 6.45) is 5.72. The molecule has 0 amide bonds. The largest absolute Gasteiger partial charge is 0.492 e. The van der Waals surface area contributed by atoms with Crippen LogP contribution in [0, 0.1) is 11.8 Å². The molecule has 2 unspecified atom stereocenters. The third kappa shape index (κ3) is 2.86. The van der Waals surface area contributed by atoms with Gasteiger partial charge in [-0.1, -0.05) is 12.8 Å². The van der Waals surface area contributed by atoms with E-state index in [0.29, 0.717) is 13.2 Å². The lowest BCUT2D eigenvalue weighted by atomic mass is 9.82. The van der Waals surface area contributed by atoms with E-state index in [4.69, 9.17) is 10.5 Å². The van der Waals surface area contributed by atoms with Crippen LogP contribution >= 0.6 is 0 Å². The summed E-state index contributed by atoms with van der Waals surface area (Å²) < 4.78 is 5.52. The van der Waals surface area contributed by atoms with Gasteiger partial charge in [0.15, 0.2) is 0 Å². The van der Waals surface area contributed by atoms with E-state index in [0.717, 1.165) is 17.6 Å². The van der Waals surface area contributed by atoms with E-state index in [9.17, 15) is 0 Å². The molecule has 1 saturated carbocycles. The van der Waals surface area contributed by atoms with Gasteiger partial charge in [-0.2, -0.15) is 0 Å². The first kappa shape index (κ1) is 12.8. The molecule has 2 atom stereocenters.